The standard InChI is InChI=1S/C26H29F3N4O/c27-26(28,29)21-8-4-5-18(13-21)14-22(33-25(34)20-11-9-17(15-30)10-12-20)24-31-16-23(32-24)19-6-2-1-3-7-19/h1-8,13,16-17,20,22H,9-12,14-15,30H2,(H,31,32)(H,33,34)/t17-,20-,22?. The van der Waals surface area contributed by atoms with Gasteiger partial charge in [-0.15, -0.1) is 0 Å². The van der Waals surface area contributed by atoms with Crippen LogP contribution in [0.2, 0.25) is 0 Å². The van der Waals surface area contributed by atoms with Crippen molar-refractivity contribution in [2.75, 3.05) is 6.54 Å². The number of rotatable bonds is 7. The van der Waals surface area contributed by atoms with Crippen LogP contribution in [0.15, 0.2) is 60.8 Å². The van der Waals surface area contributed by atoms with Crippen molar-refractivity contribution < 1.29 is 18.0 Å². The first kappa shape index (κ1) is 24.0. The molecule has 1 aromatic heterocycles. The third-order valence-corrected chi connectivity index (χ3v) is 6.56. The van der Waals surface area contributed by atoms with Crippen molar-refractivity contribution >= 4 is 5.91 Å². The first-order chi connectivity index (χ1) is 16.3. The van der Waals surface area contributed by atoms with Crippen molar-refractivity contribution in [1.82, 2.24) is 15.3 Å². The van der Waals surface area contributed by atoms with E-state index in [0.717, 1.165) is 43.4 Å². The summed E-state index contributed by atoms with van der Waals surface area (Å²) in [6, 6.07) is 14.2. The topological polar surface area (TPSA) is 83.8 Å². The molecule has 1 saturated carbocycles. The Bertz CT molecular complexity index is 1090. The van der Waals surface area contributed by atoms with Crippen LogP contribution >= 0.6 is 0 Å². The molecule has 5 nitrogen and oxygen atoms in total. The molecule has 1 unspecified atom stereocenters. The Morgan fingerprint density at radius 1 is 1.09 bits per heavy atom. The number of hydrogen-bond acceptors (Lipinski definition) is 3. The van der Waals surface area contributed by atoms with Gasteiger partial charge in [-0.25, -0.2) is 4.98 Å². The van der Waals surface area contributed by atoms with Gasteiger partial charge >= 0.3 is 6.18 Å². The molecule has 4 N–H and O–H groups in total. The summed E-state index contributed by atoms with van der Waals surface area (Å²) in [7, 11) is 0. The molecule has 1 fully saturated rings. The van der Waals surface area contributed by atoms with Crippen molar-refractivity contribution in [2.24, 2.45) is 17.6 Å². The highest BCUT2D eigenvalue weighted by atomic mass is 19.4. The van der Waals surface area contributed by atoms with Gasteiger partial charge in [0.15, 0.2) is 0 Å². The van der Waals surface area contributed by atoms with Crippen molar-refractivity contribution in [3.63, 3.8) is 0 Å². The summed E-state index contributed by atoms with van der Waals surface area (Å²) in [6.45, 7) is 0.626. The number of amides is 1. The summed E-state index contributed by atoms with van der Waals surface area (Å²) in [4.78, 5) is 20.9. The average Bonchev–Trinajstić information content (AvgIpc) is 3.34. The van der Waals surface area contributed by atoms with Gasteiger partial charge in [0.05, 0.1) is 17.3 Å². The lowest BCUT2D eigenvalue weighted by molar-refractivity contribution is -0.137. The predicted octanol–water partition coefficient (Wildman–Crippen LogP) is 5.26. The molecule has 0 radical (unpaired) electrons. The SMILES string of the molecule is NC[C@H]1CC[C@H](C(=O)NC(Cc2cccc(C(F)(F)F)c2)c2nc(-c3ccccc3)c[nH]2)CC1. The van der Waals surface area contributed by atoms with Gasteiger partial charge in [-0.2, -0.15) is 13.2 Å². The van der Waals surface area contributed by atoms with Gasteiger partial charge < -0.3 is 16.0 Å². The lowest BCUT2D eigenvalue weighted by Gasteiger charge is -2.28. The highest BCUT2D eigenvalue weighted by molar-refractivity contribution is 5.79. The van der Waals surface area contributed by atoms with E-state index in [-0.39, 0.29) is 18.2 Å². The van der Waals surface area contributed by atoms with Crippen molar-refractivity contribution in [2.45, 2.75) is 44.3 Å². The summed E-state index contributed by atoms with van der Waals surface area (Å²) >= 11 is 0. The maximum absolute atomic E-state index is 13.2. The molecule has 3 aromatic rings. The Labute approximate surface area is 197 Å². The molecule has 1 atom stereocenters. The lowest BCUT2D eigenvalue weighted by Crippen LogP contribution is -2.37. The van der Waals surface area contributed by atoms with Crippen molar-refractivity contribution in [1.29, 1.82) is 0 Å². The van der Waals surface area contributed by atoms with Crippen LogP contribution < -0.4 is 11.1 Å². The van der Waals surface area contributed by atoms with Crippen LogP contribution in [0.1, 0.15) is 48.7 Å². The van der Waals surface area contributed by atoms with Gasteiger partial charge in [0.2, 0.25) is 5.91 Å². The van der Waals surface area contributed by atoms with Crippen LogP contribution in [0.3, 0.4) is 0 Å². The van der Waals surface area contributed by atoms with E-state index >= 15 is 0 Å². The normalized spacial score (nSPS) is 19.5. The second kappa shape index (κ2) is 10.4. The highest BCUT2D eigenvalue weighted by Crippen LogP contribution is 2.32. The molecule has 0 bridgehead atoms. The zero-order valence-electron chi connectivity index (χ0n) is 18.8. The van der Waals surface area contributed by atoms with Gasteiger partial charge in [-0.1, -0.05) is 48.5 Å². The Morgan fingerprint density at radius 2 is 1.82 bits per heavy atom. The fourth-order valence-corrected chi connectivity index (χ4v) is 4.55. The molecular formula is C26H29F3N4O. The van der Waals surface area contributed by atoms with E-state index in [1.807, 2.05) is 30.3 Å². The number of aromatic nitrogens is 2. The van der Waals surface area contributed by atoms with Crippen LogP contribution in [0, 0.1) is 11.8 Å². The smallest absolute Gasteiger partial charge is 0.346 e. The maximum atomic E-state index is 13.2. The zero-order chi connectivity index (χ0) is 24.1. The number of nitrogens with two attached hydrogens (primary N) is 1. The first-order valence-corrected chi connectivity index (χ1v) is 11.6. The molecule has 0 spiro atoms. The monoisotopic (exact) mass is 470 g/mol. The molecule has 0 aliphatic heterocycles. The van der Waals surface area contributed by atoms with E-state index < -0.39 is 17.8 Å². The van der Waals surface area contributed by atoms with E-state index in [1.54, 1.807) is 12.3 Å². The number of aromatic amines is 1. The van der Waals surface area contributed by atoms with Gasteiger partial charge in [0.1, 0.15) is 5.82 Å². The summed E-state index contributed by atoms with van der Waals surface area (Å²) in [6.07, 6.45) is 0.853. The van der Waals surface area contributed by atoms with E-state index in [2.05, 4.69) is 15.3 Å². The summed E-state index contributed by atoms with van der Waals surface area (Å²) in [5.41, 5.74) is 7.16. The van der Waals surface area contributed by atoms with Crippen LogP contribution in [0.4, 0.5) is 13.2 Å². The minimum atomic E-state index is -4.43. The number of nitrogens with zero attached hydrogens (tertiary/aromatic N) is 1. The first-order valence-electron chi connectivity index (χ1n) is 11.6. The minimum absolute atomic E-state index is 0.0925. The summed E-state index contributed by atoms with van der Waals surface area (Å²) in [5.74, 6) is 0.740. The number of halogens is 3. The molecule has 1 heterocycles. The van der Waals surface area contributed by atoms with E-state index in [9.17, 15) is 18.0 Å². The average molecular weight is 471 g/mol. The van der Waals surface area contributed by atoms with Gasteiger partial charge in [0.25, 0.3) is 0 Å². The Hall–Kier alpha value is -3.13. The van der Waals surface area contributed by atoms with E-state index in [4.69, 9.17) is 5.73 Å². The van der Waals surface area contributed by atoms with Gasteiger partial charge in [0, 0.05) is 17.7 Å². The Morgan fingerprint density at radius 3 is 2.50 bits per heavy atom. The third-order valence-electron chi connectivity index (χ3n) is 6.56. The van der Waals surface area contributed by atoms with Crippen LogP contribution in [0.25, 0.3) is 11.3 Å². The number of imidazole rings is 1. The van der Waals surface area contributed by atoms with Crippen LogP contribution in [0.5, 0.6) is 0 Å². The fraction of sp³-hybridized carbons (Fsp3) is 0.385. The van der Waals surface area contributed by atoms with E-state index in [1.165, 1.54) is 6.07 Å². The number of H-pyrrole nitrogens is 1. The second-order valence-corrected chi connectivity index (χ2v) is 8.95. The van der Waals surface area contributed by atoms with Gasteiger partial charge in [-0.05, 0) is 56.2 Å². The predicted molar refractivity (Wildman–Crippen MR) is 125 cm³/mol. The van der Waals surface area contributed by atoms with Crippen molar-refractivity contribution in [3.8, 4) is 11.3 Å². The molecule has 2 aromatic carbocycles. The molecule has 8 heteroatoms. The molecule has 1 amide bonds. The van der Waals surface area contributed by atoms with E-state index in [0.29, 0.717) is 29.5 Å². The Kier molecular flexibility index (Phi) is 7.36. The van der Waals surface area contributed by atoms with Crippen LogP contribution in [-0.2, 0) is 17.4 Å². The number of benzene rings is 2. The largest absolute Gasteiger partial charge is 0.416 e. The molecular weight excluding hydrogens is 441 g/mol. The molecule has 34 heavy (non-hydrogen) atoms. The lowest BCUT2D eigenvalue weighted by atomic mass is 9.81. The number of carbonyl (C=O) groups is 1. The van der Waals surface area contributed by atoms with Crippen molar-refractivity contribution in [3.05, 3.63) is 77.7 Å². The molecule has 4 rings (SSSR count). The number of alkyl halides is 3. The maximum Gasteiger partial charge on any atom is 0.416 e. The second-order valence-electron chi connectivity index (χ2n) is 8.95. The summed E-state index contributed by atoms with van der Waals surface area (Å²) in [5, 5.41) is 3.06. The number of carbonyl (C=O) groups excluding carboxylic acids is 1. The fourth-order valence-electron chi connectivity index (χ4n) is 4.55. The number of hydrogen-bond donors (Lipinski definition) is 3. The third kappa shape index (κ3) is 5.86. The highest BCUT2D eigenvalue weighted by Gasteiger charge is 2.31. The molecule has 1 aliphatic carbocycles. The number of nitrogens with one attached hydrogen (secondary N) is 2. The molecule has 0 saturated heterocycles. The van der Waals surface area contributed by atoms with Crippen LogP contribution in [-0.4, -0.2) is 22.4 Å². The Balaban J connectivity index is 1.57. The minimum Gasteiger partial charge on any atom is -0.346 e. The zero-order valence-corrected chi connectivity index (χ0v) is 18.8. The molecule has 1 aliphatic rings. The quantitative estimate of drug-likeness (QED) is 0.440. The summed E-state index contributed by atoms with van der Waals surface area (Å²) < 4.78 is 39.7. The molecule has 180 valence electrons. The van der Waals surface area contributed by atoms with Gasteiger partial charge in [-0.3, -0.25) is 4.79 Å².